The summed E-state index contributed by atoms with van der Waals surface area (Å²) < 4.78 is 5.12. The molecule has 1 fully saturated rings. The fraction of sp³-hybridized carbons (Fsp3) is 0.412. The Morgan fingerprint density at radius 3 is 2.81 bits per heavy atom. The van der Waals surface area contributed by atoms with Crippen molar-refractivity contribution in [2.24, 2.45) is 10.9 Å². The molecule has 0 spiro atoms. The second-order valence-electron chi connectivity index (χ2n) is 5.98. The van der Waals surface area contributed by atoms with E-state index in [1.165, 1.54) is 0 Å². The molecule has 1 aromatic carbocycles. The lowest BCUT2D eigenvalue weighted by molar-refractivity contribution is -0.758. The minimum atomic E-state index is -0.398. The first-order valence-electron chi connectivity index (χ1n) is 8.46. The lowest BCUT2D eigenvalue weighted by Gasteiger charge is -2.19. The van der Waals surface area contributed by atoms with E-state index in [4.69, 9.17) is 4.52 Å². The molecule has 1 aliphatic rings. The van der Waals surface area contributed by atoms with E-state index in [1.54, 1.807) is 30.0 Å². The molecule has 27 heavy (non-hydrogen) atoms. The molecule has 1 atom stereocenters. The minimum Gasteiger partial charge on any atom is -0.861 e. The molecule has 0 amide bonds. The number of piperazine rings is 1. The van der Waals surface area contributed by atoms with E-state index in [0.717, 1.165) is 37.9 Å². The van der Waals surface area contributed by atoms with Gasteiger partial charge in [0.2, 0.25) is 10.4 Å². The second-order valence-corrected chi connectivity index (χ2v) is 6.97. The zero-order valence-corrected chi connectivity index (χ0v) is 17.4. The molecule has 146 valence electrons. The summed E-state index contributed by atoms with van der Waals surface area (Å²) in [5, 5.41) is 21.3. The molecule has 1 saturated heterocycles. The van der Waals surface area contributed by atoms with Crippen LogP contribution in [0.5, 0.6) is 0 Å². The van der Waals surface area contributed by atoms with Gasteiger partial charge < -0.3 is 10.4 Å². The molecule has 0 radical (unpaired) electrons. The van der Waals surface area contributed by atoms with Gasteiger partial charge in [0.25, 0.3) is 6.20 Å². The van der Waals surface area contributed by atoms with Gasteiger partial charge in [-0.1, -0.05) is 49.0 Å². The minimum absolute atomic E-state index is 0. The zero-order valence-electron chi connectivity index (χ0n) is 14.9. The van der Waals surface area contributed by atoms with Crippen LogP contribution in [0.2, 0.25) is 0 Å². The maximum Gasteiger partial charge on any atom is 0.324 e. The van der Waals surface area contributed by atoms with E-state index >= 15 is 0 Å². The van der Waals surface area contributed by atoms with Gasteiger partial charge in [-0.25, -0.2) is 4.99 Å². The lowest BCUT2D eigenvalue weighted by Crippen LogP contribution is -2.64. The van der Waals surface area contributed by atoms with E-state index in [0.29, 0.717) is 11.3 Å². The van der Waals surface area contributed by atoms with Crippen LogP contribution < -0.4 is 20.2 Å². The van der Waals surface area contributed by atoms with Crippen molar-refractivity contribution >= 4 is 45.6 Å². The summed E-state index contributed by atoms with van der Waals surface area (Å²) in [7, 11) is 0. The highest BCUT2D eigenvalue weighted by Gasteiger charge is 2.22. The van der Waals surface area contributed by atoms with Crippen molar-refractivity contribution in [2.75, 3.05) is 36.9 Å². The Balaban J connectivity index is 0.00000261. The van der Waals surface area contributed by atoms with Gasteiger partial charge in [-0.05, 0) is 11.8 Å². The number of hydrogen-bond acceptors (Lipinski definition) is 8. The van der Waals surface area contributed by atoms with Crippen LogP contribution in [0.15, 0.2) is 46.0 Å². The fourth-order valence-electron chi connectivity index (χ4n) is 2.42. The van der Waals surface area contributed by atoms with E-state index in [-0.39, 0.29) is 33.9 Å². The number of aromatic nitrogens is 2. The second kappa shape index (κ2) is 10.4. The topological polar surface area (TPSA) is 97.7 Å². The number of aliphatic imine (C=N–C) groups is 1. The smallest absolute Gasteiger partial charge is 0.324 e. The Morgan fingerprint density at radius 2 is 2.11 bits per heavy atom. The van der Waals surface area contributed by atoms with Crippen LogP contribution in [0.4, 0.5) is 5.88 Å². The Bertz CT molecular complexity index is 765. The molecule has 2 aromatic rings. The van der Waals surface area contributed by atoms with Crippen LogP contribution in [-0.2, 0) is 0 Å². The van der Waals surface area contributed by atoms with Crippen molar-refractivity contribution in [2.45, 2.75) is 6.92 Å². The van der Waals surface area contributed by atoms with Gasteiger partial charge in [0.1, 0.15) is 0 Å². The van der Waals surface area contributed by atoms with E-state index in [2.05, 4.69) is 15.6 Å². The number of hydrogen-bond donors (Lipinski definition) is 1. The van der Waals surface area contributed by atoms with Crippen LogP contribution in [0.3, 0.4) is 0 Å². The normalized spacial score (nSPS) is 15.9. The van der Waals surface area contributed by atoms with Gasteiger partial charge in [0.15, 0.2) is 0 Å². The third-order valence-corrected chi connectivity index (χ3v) is 5.11. The first kappa shape index (κ1) is 21.4. The molecule has 1 aromatic heterocycles. The van der Waals surface area contributed by atoms with Crippen LogP contribution in [0, 0.1) is 5.92 Å². The molecule has 3 rings (SSSR count). The average molecular weight is 456 g/mol. The van der Waals surface area contributed by atoms with Gasteiger partial charge in [-0.15, -0.1) is 17.0 Å². The first-order valence-corrected chi connectivity index (χ1v) is 9.44. The van der Waals surface area contributed by atoms with Crippen LogP contribution in [0.25, 0.3) is 0 Å². The molecular weight excluding hydrogens is 434 g/mol. The van der Waals surface area contributed by atoms with Crippen molar-refractivity contribution in [3.8, 4) is 0 Å². The average Bonchev–Trinajstić information content (AvgIpc) is 3.15. The highest BCUT2D eigenvalue weighted by molar-refractivity contribution is 8.93. The summed E-state index contributed by atoms with van der Waals surface area (Å²) in [6.07, 6.45) is 1.60. The van der Waals surface area contributed by atoms with Crippen molar-refractivity contribution in [3.05, 3.63) is 42.1 Å². The molecule has 1 aliphatic heterocycles. The van der Waals surface area contributed by atoms with Crippen molar-refractivity contribution in [1.29, 1.82) is 0 Å². The molecule has 1 N–H and O–H groups in total. The van der Waals surface area contributed by atoms with Crippen molar-refractivity contribution in [3.63, 3.8) is 0 Å². The SMILES string of the molecule is Br.C[C@H](CSC(=O)c1ccccc1)C([O-])=Nc1c[n+](N2CCNCC2)no1. The van der Waals surface area contributed by atoms with Crippen LogP contribution >= 0.6 is 28.7 Å². The largest absolute Gasteiger partial charge is 0.861 e. The summed E-state index contributed by atoms with van der Waals surface area (Å²) in [5.41, 5.74) is 0.626. The van der Waals surface area contributed by atoms with Gasteiger partial charge in [0.05, 0.1) is 17.9 Å². The molecule has 0 aliphatic carbocycles. The maximum atomic E-state index is 12.2. The number of halogens is 1. The Hall–Kier alpha value is -1.91. The molecule has 0 unspecified atom stereocenters. The van der Waals surface area contributed by atoms with Gasteiger partial charge in [0, 0.05) is 24.4 Å². The van der Waals surface area contributed by atoms with E-state index in [9.17, 15) is 9.90 Å². The molecule has 10 heteroatoms. The number of thioether (sulfide) groups is 1. The predicted octanol–water partition coefficient (Wildman–Crippen LogP) is 0.681. The Kier molecular flexibility index (Phi) is 8.26. The summed E-state index contributed by atoms with van der Waals surface area (Å²) in [5.74, 6) is -0.200. The fourth-order valence-corrected chi connectivity index (χ4v) is 3.27. The third kappa shape index (κ3) is 6.05. The highest BCUT2D eigenvalue weighted by atomic mass is 79.9. The number of benzene rings is 1. The quantitative estimate of drug-likeness (QED) is 0.388. The summed E-state index contributed by atoms with van der Waals surface area (Å²) in [4.78, 5) is 17.6. The summed E-state index contributed by atoms with van der Waals surface area (Å²) in [6, 6.07) is 9.01. The standard InChI is InChI=1S/C17H21N5O3S.BrH/c1-13(12-26-17(24)14-5-3-2-4-6-14)16(23)19-15-11-22(20-25-15)21-9-7-18-8-10-21;/h2-6,11,13,18H,7-10,12H2,1H3;1H/t13-;/m1./s1. The lowest BCUT2D eigenvalue weighted by atomic mass is 10.2. The number of nitrogens with zero attached hydrogens (tertiary/aromatic N) is 4. The number of carbonyl (C=O) groups excluding carboxylic acids is 1. The number of carbonyl (C=O) groups is 1. The van der Waals surface area contributed by atoms with Gasteiger partial charge >= 0.3 is 5.88 Å². The molecule has 0 saturated carbocycles. The molecule has 0 bridgehead atoms. The van der Waals surface area contributed by atoms with Gasteiger partial charge in [-0.3, -0.25) is 9.32 Å². The first-order chi connectivity index (χ1) is 12.6. The van der Waals surface area contributed by atoms with Crippen molar-refractivity contribution in [1.82, 2.24) is 10.6 Å². The molecule has 8 nitrogen and oxygen atoms in total. The summed E-state index contributed by atoms with van der Waals surface area (Å²) >= 11 is 1.12. The monoisotopic (exact) mass is 455 g/mol. The van der Waals surface area contributed by atoms with Gasteiger partial charge in [-0.2, -0.15) is 5.01 Å². The Labute approximate surface area is 172 Å². The van der Waals surface area contributed by atoms with E-state index < -0.39 is 5.92 Å². The third-order valence-electron chi connectivity index (χ3n) is 3.94. The Morgan fingerprint density at radius 1 is 1.41 bits per heavy atom. The maximum absolute atomic E-state index is 12.2. The zero-order chi connectivity index (χ0) is 18.4. The van der Waals surface area contributed by atoms with E-state index in [1.807, 2.05) is 23.2 Å². The van der Waals surface area contributed by atoms with Crippen LogP contribution in [0.1, 0.15) is 17.3 Å². The molecular formula is C17H22BrN5O3S. The number of nitrogens with one attached hydrogen (secondary N) is 1. The molecule has 2 heterocycles. The van der Waals surface area contributed by atoms with Crippen molar-refractivity contribution < 1.29 is 19.2 Å². The van der Waals surface area contributed by atoms with Crippen LogP contribution in [-0.4, -0.2) is 48.2 Å². The summed E-state index contributed by atoms with van der Waals surface area (Å²) in [6.45, 7) is 5.10. The predicted molar refractivity (Wildman–Crippen MR) is 107 cm³/mol. The number of rotatable bonds is 6. The highest BCUT2D eigenvalue weighted by Crippen LogP contribution is 2.17.